The van der Waals surface area contributed by atoms with Crippen LogP contribution >= 0.6 is 0 Å². The van der Waals surface area contributed by atoms with Gasteiger partial charge >= 0.3 is 0 Å². The monoisotopic (exact) mass is 307 g/mol. The number of anilines is 1. The number of nitrogens with zero attached hydrogens (tertiary/aromatic N) is 5. The van der Waals surface area contributed by atoms with Gasteiger partial charge in [0.15, 0.2) is 5.65 Å². The molecule has 0 amide bonds. The summed E-state index contributed by atoms with van der Waals surface area (Å²) in [6.07, 6.45) is 1.82. The molecule has 0 unspecified atom stereocenters. The number of likely N-dealkylation sites (N-methyl/N-ethyl adjacent to an activating group) is 1. The quantitative estimate of drug-likeness (QED) is 0.729. The first-order valence-electron chi connectivity index (χ1n) is 8.06. The van der Waals surface area contributed by atoms with Crippen molar-refractivity contribution < 1.29 is 0 Å². The van der Waals surface area contributed by atoms with E-state index in [9.17, 15) is 0 Å². The molecule has 4 rings (SSSR count). The summed E-state index contributed by atoms with van der Waals surface area (Å²) >= 11 is 0. The summed E-state index contributed by atoms with van der Waals surface area (Å²) in [5, 5.41) is 4.46. The average molecular weight is 307 g/mol. The van der Waals surface area contributed by atoms with Gasteiger partial charge in [-0.3, -0.25) is 0 Å². The summed E-state index contributed by atoms with van der Waals surface area (Å²) in [4.78, 5) is 9.54. The van der Waals surface area contributed by atoms with Crippen molar-refractivity contribution in [1.82, 2.24) is 19.5 Å². The number of benzene rings is 1. The lowest BCUT2D eigenvalue weighted by atomic mass is 10.1. The number of rotatable bonds is 2. The van der Waals surface area contributed by atoms with Crippen LogP contribution in [0.2, 0.25) is 0 Å². The third-order valence-electron chi connectivity index (χ3n) is 4.48. The Morgan fingerprint density at radius 2 is 1.83 bits per heavy atom. The first-order chi connectivity index (χ1) is 11.2. The normalized spacial score (nSPS) is 16.2. The molecule has 5 nitrogen and oxygen atoms in total. The van der Waals surface area contributed by atoms with Crippen molar-refractivity contribution in [1.29, 1.82) is 0 Å². The lowest BCUT2D eigenvalue weighted by Crippen LogP contribution is -2.45. The van der Waals surface area contributed by atoms with E-state index >= 15 is 0 Å². The second kappa shape index (κ2) is 5.66. The Morgan fingerprint density at radius 1 is 1.00 bits per heavy atom. The molecule has 1 fully saturated rings. The van der Waals surface area contributed by atoms with Crippen molar-refractivity contribution in [2.75, 3.05) is 38.1 Å². The summed E-state index contributed by atoms with van der Waals surface area (Å²) in [5.74, 6) is 1.13. The molecule has 0 aliphatic carbocycles. The SMILES string of the molecule is Cc1cccc(-c2cc(N3CCN(C)CC3)n3nccc3n2)c1. The largest absolute Gasteiger partial charge is 0.354 e. The summed E-state index contributed by atoms with van der Waals surface area (Å²) in [7, 11) is 2.17. The van der Waals surface area contributed by atoms with E-state index < -0.39 is 0 Å². The lowest BCUT2D eigenvalue weighted by molar-refractivity contribution is 0.311. The molecular weight excluding hydrogens is 286 g/mol. The number of hydrogen-bond acceptors (Lipinski definition) is 4. The van der Waals surface area contributed by atoms with E-state index in [4.69, 9.17) is 4.98 Å². The molecule has 2 aromatic heterocycles. The molecule has 23 heavy (non-hydrogen) atoms. The molecule has 0 N–H and O–H groups in total. The highest BCUT2D eigenvalue weighted by Crippen LogP contribution is 2.25. The highest BCUT2D eigenvalue weighted by Gasteiger charge is 2.18. The molecular formula is C18H21N5. The lowest BCUT2D eigenvalue weighted by Gasteiger charge is -2.34. The van der Waals surface area contributed by atoms with Crippen LogP contribution in [0.3, 0.4) is 0 Å². The fraction of sp³-hybridized carbons (Fsp3) is 0.333. The second-order valence-electron chi connectivity index (χ2n) is 6.26. The van der Waals surface area contributed by atoms with Crippen LogP contribution in [0.25, 0.3) is 16.9 Å². The topological polar surface area (TPSA) is 36.7 Å². The van der Waals surface area contributed by atoms with Gasteiger partial charge < -0.3 is 9.80 Å². The molecule has 1 aliphatic heterocycles. The van der Waals surface area contributed by atoms with Gasteiger partial charge in [-0.05, 0) is 20.0 Å². The van der Waals surface area contributed by atoms with Crippen LogP contribution in [0.4, 0.5) is 5.82 Å². The fourth-order valence-corrected chi connectivity index (χ4v) is 3.11. The van der Waals surface area contributed by atoms with Crippen LogP contribution in [-0.4, -0.2) is 52.7 Å². The van der Waals surface area contributed by atoms with Crippen molar-refractivity contribution in [2.45, 2.75) is 6.92 Å². The van der Waals surface area contributed by atoms with Gasteiger partial charge in [-0.1, -0.05) is 23.8 Å². The van der Waals surface area contributed by atoms with Crippen LogP contribution in [0, 0.1) is 6.92 Å². The summed E-state index contributed by atoms with van der Waals surface area (Å²) in [6, 6.07) is 12.6. The Labute approximate surface area is 136 Å². The summed E-state index contributed by atoms with van der Waals surface area (Å²) in [6.45, 7) is 6.30. The van der Waals surface area contributed by atoms with E-state index in [1.54, 1.807) is 0 Å². The minimum absolute atomic E-state index is 0.901. The van der Waals surface area contributed by atoms with E-state index in [0.29, 0.717) is 0 Å². The standard InChI is InChI=1S/C18H21N5/c1-14-4-3-5-15(12-14)16-13-18(22-10-8-21(2)9-11-22)23-17(20-16)6-7-19-23/h3-7,12-13H,8-11H2,1-2H3. The van der Waals surface area contributed by atoms with Gasteiger partial charge in [-0.25, -0.2) is 4.98 Å². The molecule has 0 radical (unpaired) electrons. The van der Waals surface area contributed by atoms with Gasteiger partial charge in [0.05, 0.1) is 11.9 Å². The highest BCUT2D eigenvalue weighted by molar-refractivity contribution is 5.67. The first kappa shape index (κ1) is 14.2. The number of aryl methyl sites for hydroxylation is 1. The van der Waals surface area contributed by atoms with Crippen LogP contribution in [0.1, 0.15) is 5.56 Å². The maximum atomic E-state index is 4.78. The maximum absolute atomic E-state index is 4.78. The molecule has 0 saturated carbocycles. The molecule has 0 bridgehead atoms. The van der Waals surface area contributed by atoms with Gasteiger partial charge in [-0.2, -0.15) is 9.61 Å². The third-order valence-corrected chi connectivity index (χ3v) is 4.48. The fourth-order valence-electron chi connectivity index (χ4n) is 3.11. The van der Waals surface area contributed by atoms with E-state index in [1.165, 1.54) is 5.56 Å². The molecule has 5 heteroatoms. The number of piperazine rings is 1. The molecule has 118 valence electrons. The summed E-state index contributed by atoms with van der Waals surface area (Å²) < 4.78 is 1.95. The predicted molar refractivity (Wildman–Crippen MR) is 92.9 cm³/mol. The zero-order valence-electron chi connectivity index (χ0n) is 13.6. The molecule has 3 aromatic rings. The number of aromatic nitrogens is 3. The summed E-state index contributed by atoms with van der Waals surface area (Å²) in [5.41, 5.74) is 4.32. The van der Waals surface area contributed by atoms with E-state index in [1.807, 2.05) is 16.8 Å². The minimum Gasteiger partial charge on any atom is -0.354 e. The van der Waals surface area contributed by atoms with Crippen molar-refractivity contribution in [3.8, 4) is 11.3 Å². The first-order valence-corrected chi connectivity index (χ1v) is 8.06. The van der Waals surface area contributed by atoms with Crippen LogP contribution in [0.15, 0.2) is 42.6 Å². The van der Waals surface area contributed by atoms with Gasteiger partial charge in [-0.15, -0.1) is 0 Å². The Morgan fingerprint density at radius 3 is 2.61 bits per heavy atom. The van der Waals surface area contributed by atoms with Crippen LogP contribution in [0.5, 0.6) is 0 Å². The van der Waals surface area contributed by atoms with E-state index in [0.717, 1.165) is 48.9 Å². The molecule has 0 atom stereocenters. The zero-order chi connectivity index (χ0) is 15.8. The Bertz CT molecular complexity index is 830. The van der Waals surface area contributed by atoms with E-state index in [2.05, 4.69) is 59.2 Å². The van der Waals surface area contributed by atoms with Gasteiger partial charge in [0.25, 0.3) is 0 Å². The molecule has 1 aromatic carbocycles. The number of fused-ring (bicyclic) bond motifs is 1. The Kier molecular flexibility index (Phi) is 3.50. The molecule has 1 aliphatic rings. The Hall–Kier alpha value is -2.40. The van der Waals surface area contributed by atoms with Crippen molar-refractivity contribution in [3.63, 3.8) is 0 Å². The maximum Gasteiger partial charge on any atom is 0.157 e. The van der Waals surface area contributed by atoms with Crippen LogP contribution in [-0.2, 0) is 0 Å². The van der Waals surface area contributed by atoms with Crippen molar-refractivity contribution >= 4 is 11.5 Å². The van der Waals surface area contributed by atoms with Crippen LogP contribution < -0.4 is 4.90 Å². The molecule has 1 saturated heterocycles. The molecule has 3 heterocycles. The van der Waals surface area contributed by atoms with Gasteiger partial charge in [0.1, 0.15) is 5.82 Å². The second-order valence-corrected chi connectivity index (χ2v) is 6.26. The third kappa shape index (κ3) is 2.68. The molecule has 0 spiro atoms. The highest BCUT2D eigenvalue weighted by atomic mass is 15.4. The van der Waals surface area contributed by atoms with Gasteiger partial charge in [0, 0.05) is 43.9 Å². The zero-order valence-corrected chi connectivity index (χ0v) is 13.6. The predicted octanol–water partition coefficient (Wildman–Crippen LogP) is 2.46. The van der Waals surface area contributed by atoms with Crippen molar-refractivity contribution in [3.05, 3.63) is 48.2 Å². The average Bonchev–Trinajstić information content (AvgIpc) is 3.03. The van der Waals surface area contributed by atoms with E-state index in [-0.39, 0.29) is 0 Å². The van der Waals surface area contributed by atoms with Crippen molar-refractivity contribution in [2.24, 2.45) is 0 Å². The number of hydrogen-bond donors (Lipinski definition) is 0. The minimum atomic E-state index is 0.901. The smallest absolute Gasteiger partial charge is 0.157 e. The Balaban J connectivity index is 1.81. The van der Waals surface area contributed by atoms with Gasteiger partial charge in [0.2, 0.25) is 0 Å².